The van der Waals surface area contributed by atoms with Crippen LogP contribution in [0.5, 0.6) is 0 Å². The zero-order chi connectivity index (χ0) is 23.0. The summed E-state index contributed by atoms with van der Waals surface area (Å²) in [6.45, 7) is 8.13. The molecule has 0 saturated heterocycles. The number of hydrogen-bond donors (Lipinski definition) is 1. The fraction of sp³-hybridized carbons (Fsp3) is 0.185. The Balaban J connectivity index is 1.78. The molecule has 1 N–H and O–H groups in total. The van der Waals surface area contributed by atoms with Crippen LogP contribution in [0.25, 0.3) is 5.57 Å². The minimum absolute atomic E-state index is 0.178. The summed E-state index contributed by atoms with van der Waals surface area (Å²) in [6, 6.07) is 18.9. The van der Waals surface area contributed by atoms with Crippen molar-refractivity contribution in [1.29, 1.82) is 0 Å². The third-order valence-corrected chi connectivity index (χ3v) is 5.81. The van der Waals surface area contributed by atoms with Crippen LogP contribution in [0.3, 0.4) is 0 Å². The van der Waals surface area contributed by atoms with Crippen molar-refractivity contribution in [3.63, 3.8) is 0 Å². The van der Waals surface area contributed by atoms with Gasteiger partial charge in [-0.1, -0.05) is 44.2 Å². The summed E-state index contributed by atoms with van der Waals surface area (Å²) in [6.07, 6.45) is 0. The second-order valence-corrected chi connectivity index (χ2v) is 8.37. The van der Waals surface area contributed by atoms with E-state index in [0.717, 1.165) is 11.1 Å². The maximum Gasteiger partial charge on any atom is 0.282 e. The zero-order valence-electron chi connectivity index (χ0n) is 18.6. The average molecular weight is 429 g/mol. The second-order valence-electron chi connectivity index (χ2n) is 8.37. The van der Waals surface area contributed by atoms with E-state index in [2.05, 4.69) is 19.2 Å². The highest BCUT2D eigenvalue weighted by Crippen LogP contribution is 2.34. The van der Waals surface area contributed by atoms with Crippen LogP contribution in [0.2, 0.25) is 0 Å². The predicted octanol–water partition coefficient (Wildman–Crippen LogP) is 5.96. The summed E-state index contributed by atoms with van der Waals surface area (Å²) in [5.41, 5.74) is 5.33. The number of rotatable bonds is 5. The maximum atomic E-state index is 13.5. The largest absolute Gasteiger partial charge is 0.350 e. The van der Waals surface area contributed by atoms with Crippen LogP contribution in [-0.2, 0) is 9.59 Å². The Labute approximate surface area is 187 Å². The molecular weight excluding hydrogens is 403 g/mol. The Morgan fingerprint density at radius 2 is 1.47 bits per heavy atom. The van der Waals surface area contributed by atoms with Gasteiger partial charge in [0.15, 0.2) is 0 Å². The van der Waals surface area contributed by atoms with E-state index in [4.69, 9.17) is 0 Å². The van der Waals surface area contributed by atoms with E-state index < -0.39 is 17.6 Å². The molecule has 1 aliphatic rings. The molecule has 1 aliphatic heterocycles. The van der Waals surface area contributed by atoms with Crippen molar-refractivity contribution in [1.82, 2.24) is 0 Å². The van der Waals surface area contributed by atoms with Gasteiger partial charge in [-0.05, 0) is 78.4 Å². The molecule has 162 valence electrons. The number of halogens is 1. The number of carbonyl (C=O) groups is 2. The molecule has 0 spiro atoms. The quantitative estimate of drug-likeness (QED) is 0.510. The van der Waals surface area contributed by atoms with Gasteiger partial charge in [-0.25, -0.2) is 9.29 Å². The lowest BCUT2D eigenvalue weighted by Gasteiger charge is -2.17. The molecule has 0 atom stereocenters. The summed E-state index contributed by atoms with van der Waals surface area (Å²) in [7, 11) is 0. The lowest BCUT2D eigenvalue weighted by molar-refractivity contribution is -0.120. The summed E-state index contributed by atoms with van der Waals surface area (Å²) in [5, 5.41) is 3.15. The molecule has 0 bridgehead atoms. The first-order chi connectivity index (χ1) is 15.3. The molecular formula is C27H25FN2O2. The first kappa shape index (κ1) is 21.5. The van der Waals surface area contributed by atoms with Gasteiger partial charge in [0.05, 0.1) is 11.3 Å². The van der Waals surface area contributed by atoms with Crippen molar-refractivity contribution in [3.05, 3.63) is 100 Å². The standard InChI is InChI=1S/C27H25FN2O2/c1-16(2)19-8-12-22(13-9-19)29-25-24(20-6-10-21(28)11-7-20)26(31)30(27(25)32)23-14-5-17(3)18(4)15-23/h5-16,29H,1-4H3. The Kier molecular flexibility index (Phi) is 5.66. The van der Waals surface area contributed by atoms with Crippen LogP contribution in [0, 0.1) is 19.7 Å². The van der Waals surface area contributed by atoms with E-state index in [1.807, 2.05) is 50.2 Å². The third-order valence-electron chi connectivity index (χ3n) is 5.81. The number of nitrogens with one attached hydrogen (secondary N) is 1. The molecule has 4 rings (SSSR count). The van der Waals surface area contributed by atoms with E-state index in [1.165, 1.54) is 34.7 Å². The zero-order valence-corrected chi connectivity index (χ0v) is 18.6. The Morgan fingerprint density at radius 3 is 2.06 bits per heavy atom. The molecule has 32 heavy (non-hydrogen) atoms. The number of anilines is 2. The van der Waals surface area contributed by atoms with Gasteiger partial charge in [-0.3, -0.25) is 9.59 Å². The molecule has 1 heterocycles. The van der Waals surface area contributed by atoms with Gasteiger partial charge < -0.3 is 5.32 Å². The number of imide groups is 1. The van der Waals surface area contributed by atoms with Gasteiger partial charge in [-0.15, -0.1) is 0 Å². The van der Waals surface area contributed by atoms with Crippen LogP contribution >= 0.6 is 0 Å². The highest BCUT2D eigenvalue weighted by atomic mass is 19.1. The number of aryl methyl sites for hydroxylation is 2. The molecule has 3 aromatic carbocycles. The summed E-state index contributed by atoms with van der Waals surface area (Å²) in [4.78, 5) is 28.1. The van der Waals surface area contributed by atoms with Crippen LogP contribution in [0.15, 0.2) is 72.4 Å². The molecule has 0 fully saturated rings. The summed E-state index contributed by atoms with van der Waals surface area (Å²) >= 11 is 0. The average Bonchev–Trinajstić information content (AvgIpc) is 3.01. The van der Waals surface area contributed by atoms with Crippen molar-refractivity contribution >= 4 is 28.8 Å². The first-order valence-corrected chi connectivity index (χ1v) is 10.6. The van der Waals surface area contributed by atoms with Crippen LogP contribution in [-0.4, -0.2) is 11.8 Å². The Morgan fingerprint density at radius 1 is 0.812 bits per heavy atom. The number of nitrogens with zero attached hydrogens (tertiary/aromatic N) is 1. The van der Waals surface area contributed by atoms with Crippen LogP contribution < -0.4 is 10.2 Å². The van der Waals surface area contributed by atoms with Crippen LogP contribution in [0.4, 0.5) is 15.8 Å². The molecule has 0 saturated carbocycles. The lowest BCUT2D eigenvalue weighted by Crippen LogP contribution is -2.32. The third kappa shape index (κ3) is 3.94. The van der Waals surface area contributed by atoms with Gasteiger partial charge in [-0.2, -0.15) is 0 Å². The van der Waals surface area contributed by atoms with E-state index in [0.29, 0.717) is 22.9 Å². The summed E-state index contributed by atoms with van der Waals surface area (Å²) < 4.78 is 13.5. The fourth-order valence-electron chi connectivity index (χ4n) is 3.72. The molecule has 0 aliphatic carbocycles. The normalized spacial score (nSPS) is 14.0. The van der Waals surface area contributed by atoms with Gasteiger partial charge in [0, 0.05) is 5.69 Å². The van der Waals surface area contributed by atoms with Crippen molar-refractivity contribution in [2.75, 3.05) is 10.2 Å². The SMILES string of the molecule is Cc1ccc(N2C(=O)C(Nc3ccc(C(C)C)cc3)=C(c3ccc(F)cc3)C2=O)cc1C. The van der Waals surface area contributed by atoms with Gasteiger partial charge in [0.2, 0.25) is 0 Å². The lowest BCUT2D eigenvalue weighted by atomic mass is 10.0. The molecule has 0 aromatic heterocycles. The van der Waals surface area contributed by atoms with Crippen molar-refractivity contribution < 1.29 is 14.0 Å². The van der Waals surface area contributed by atoms with E-state index in [9.17, 15) is 14.0 Å². The monoisotopic (exact) mass is 428 g/mol. The molecule has 0 radical (unpaired) electrons. The fourth-order valence-corrected chi connectivity index (χ4v) is 3.72. The summed E-state index contributed by atoms with van der Waals surface area (Å²) in [5.74, 6) is -0.902. The Hall–Kier alpha value is -3.73. The second kappa shape index (κ2) is 8.42. The highest BCUT2D eigenvalue weighted by molar-refractivity contribution is 6.46. The number of carbonyl (C=O) groups excluding carboxylic acids is 2. The Bertz CT molecular complexity index is 1230. The van der Waals surface area contributed by atoms with Gasteiger partial charge >= 0.3 is 0 Å². The minimum Gasteiger partial charge on any atom is -0.350 e. The van der Waals surface area contributed by atoms with Gasteiger partial charge in [0.1, 0.15) is 11.5 Å². The molecule has 4 nitrogen and oxygen atoms in total. The minimum atomic E-state index is -0.439. The molecule has 5 heteroatoms. The van der Waals surface area contributed by atoms with Crippen LogP contribution in [0.1, 0.15) is 42.0 Å². The first-order valence-electron chi connectivity index (χ1n) is 10.6. The predicted molar refractivity (Wildman–Crippen MR) is 126 cm³/mol. The maximum absolute atomic E-state index is 13.5. The highest BCUT2D eigenvalue weighted by Gasteiger charge is 2.40. The number of hydrogen-bond acceptors (Lipinski definition) is 3. The smallest absolute Gasteiger partial charge is 0.282 e. The number of benzene rings is 3. The van der Waals surface area contributed by atoms with Crippen molar-refractivity contribution in [2.45, 2.75) is 33.6 Å². The van der Waals surface area contributed by atoms with E-state index in [1.54, 1.807) is 6.07 Å². The van der Waals surface area contributed by atoms with Gasteiger partial charge in [0.25, 0.3) is 11.8 Å². The topological polar surface area (TPSA) is 49.4 Å². The van der Waals surface area contributed by atoms with E-state index in [-0.39, 0.29) is 11.3 Å². The number of amides is 2. The van der Waals surface area contributed by atoms with E-state index >= 15 is 0 Å². The molecule has 0 unspecified atom stereocenters. The molecule has 3 aromatic rings. The molecule has 2 amide bonds. The van der Waals surface area contributed by atoms with Crippen molar-refractivity contribution in [2.24, 2.45) is 0 Å². The van der Waals surface area contributed by atoms with Crippen molar-refractivity contribution in [3.8, 4) is 0 Å².